The van der Waals surface area contributed by atoms with Gasteiger partial charge in [-0.3, -0.25) is 4.79 Å². The number of aromatic nitrogens is 2. The summed E-state index contributed by atoms with van der Waals surface area (Å²) < 4.78 is 2.00. The third-order valence-electron chi connectivity index (χ3n) is 6.65. The zero-order valence-corrected chi connectivity index (χ0v) is 14.9. The highest BCUT2D eigenvalue weighted by molar-refractivity contribution is 5.88. The van der Waals surface area contributed by atoms with Gasteiger partial charge in [0.05, 0.1) is 6.33 Å². The first-order valence-electron chi connectivity index (χ1n) is 9.47. The van der Waals surface area contributed by atoms with Crippen LogP contribution >= 0.6 is 0 Å². The summed E-state index contributed by atoms with van der Waals surface area (Å²) in [5.74, 6) is 2.82. The minimum atomic E-state index is 0.0656. The fourth-order valence-corrected chi connectivity index (χ4v) is 5.98. The summed E-state index contributed by atoms with van der Waals surface area (Å²) in [6.07, 6.45) is 15.7. The van der Waals surface area contributed by atoms with Crippen molar-refractivity contribution in [1.82, 2.24) is 14.9 Å². The first kappa shape index (κ1) is 15.9. The smallest absolute Gasteiger partial charge is 0.244 e. The van der Waals surface area contributed by atoms with E-state index in [2.05, 4.69) is 17.2 Å². The van der Waals surface area contributed by atoms with E-state index in [0.29, 0.717) is 5.41 Å². The molecule has 0 saturated heterocycles. The SMILES string of the molecule is C/C(=C\C(=O)NC(C)Cn1ccnc1)C12CC3CC(CC(C3)C1)C2. The molecule has 0 aromatic carbocycles. The summed E-state index contributed by atoms with van der Waals surface area (Å²) in [4.78, 5) is 16.5. The Bertz CT molecular complexity index is 596. The average Bonchev–Trinajstić information content (AvgIpc) is 2.98. The van der Waals surface area contributed by atoms with Crippen LogP contribution in [0.25, 0.3) is 0 Å². The van der Waals surface area contributed by atoms with Gasteiger partial charge in [0.25, 0.3) is 0 Å². The average molecular weight is 327 g/mol. The van der Waals surface area contributed by atoms with Crippen LogP contribution in [-0.4, -0.2) is 21.5 Å². The van der Waals surface area contributed by atoms with Crippen LogP contribution in [0.3, 0.4) is 0 Å². The number of allylic oxidation sites excluding steroid dienone is 1. The Hall–Kier alpha value is -1.58. The molecule has 1 aromatic rings. The van der Waals surface area contributed by atoms with Gasteiger partial charge in [-0.25, -0.2) is 4.98 Å². The van der Waals surface area contributed by atoms with Crippen LogP contribution in [0.15, 0.2) is 30.4 Å². The fourth-order valence-electron chi connectivity index (χ4n) is 5.98. The Morgan fingerprint density at radius 1 is 1.29 bits per heavy atom. The second-order valence-electron chi connectivity index (χ2n) is 8.69. The zero-order chi connectivity index (χ0) is 16.7. The Balaban J connectivity index is 1.40. The maximum absolute atomic E-state index is 12.5. The van der Waals surface area contributed by atoms with Crippen molar-refractivity contribution in [2.75, 3.05) is 0 Å². The molecule has 5 rings (SSSR count). The van der Waals surface area contributed by atoms with Crippen molar-refractivity contribution < 1.29 is 4.79 Å². The molecule has 4 nitrogen and oxygen atoms in total. The molecule has 1 aromatic heterocycles. The summed E-state index contributed by atoms with van der Waals surface area (Å²) in [7, 11) is 0. The lowest BCUT2D eigenvalue weighted by Gasteiger charge is -2.57. The Morgan fingerprint density at radius 3 is 2.46 bits per heavy atom. The summed E-state index contributed by atoms with van der Waals surface area (Å²) >= 11 is 0. The summed E-state index contributed by atoms with van der Waals surface area (Å²) in [6, 6.07) is 0.104. The van der Waals surface area contributed by atoms with Crippen molar-refractivity contribution in [2.45, 2.75) is 65.0 Å². The van der Waals surface area contributed by atoms with E-state index in [4.69, 9.17) is 0 Å². The van der Waals surface area contributed by atoms with Gasteiger partial charge in [-0.1, -0.05) is 5.57 Å². The monoisotopic (exact) mass is 327 g/mol. The standard InChI is InChI=1S/C20H29N3O/c1-14(5-19(24)22-15(2)12-23-4-3-21-13-23)20-9-16-6-17(10-20)8-18(7-16)11-20/h3-5,13,15-18H,6-12H2,1-2H3,(H,22,24)/b14-5+. The number of rotatable bonds is 5. The van der Waals surface area contributed by atoms with Crippen LogP contribution in [0.4, 0.5) is 0 Å². The van der Waals surface area contributed by atoms with Crippen molar-refractivity contribution in [2.24, 2.45) is 23.2 Å². The molecule has 0 spiro atoms. The topological polar surface area (TPSA) is 46.9 Å². The number of nitrogens with zero attached hydrogens (tertiary/aromatic N) is 2. The van der Waals surface area contributed by atoms with Gasteiger partial charge in [-0.2, -0.15) is 0 Å². The lowest BCUT2D eigenvalue weighted by molar-refractivity contribution is -0.117. The largest absolute Gasteiger partial charge is 0.348 e. The number of nitrogens with one attached hydrogen (secondary N) is 1. The van der Waals surface area contributed by atoms with Gasteiger partial charge < -0.3 is 9.88 Å². The molecule has 1 heterocycles. The van der Waals surface area contributed by atoms with Crippen LogP contribution in [0.2, 0.25) is 0 Å². The van der Waals surface area contributed by atoms with Crippen LogP contribution in [-0.2, 0) is 11.3 Å². The van der Waals surface area contributed by atoms with Crippen LogP contribution in [0.5, 0.6) is 0 Å². The molecule has 1 unspecified atom stereocenters. The van der Waals surface area contributed by atoms with Crippen molar-refractivity contribution in [3.63, 3.8) is 0 Å². The first-order valence-corrected chi connectivity index (χ1v) is 9.47. The molecule has 4 fully saturated rings. The van der Waals surface area contributed by atoms with Gasteiger partial charge in [0.15, 0.2) is 0 Å². The van der Waals surface area contributed by atoms with Gasteiger partial charge in [0, 0.05) is 31.1 Å². The van der Waals surface area contributed by atoms with Crippen LogP contribution in [0.1, 0.15) is 52.4 Å². The molecule has 1 amide bonds. The highest BCUT2D eigenvalue weighted by atomic mass is 16.1. The molecule has 4 aliphatic carbocycles. The number of carbonyl (C=O) groups excluding carboxylic acids is 1. The molecule has 4 heteroatoms. The molecule has 1 N–H and O–H groups in total. The van der Waals surface area contributed by atoms with E-state index in [1.165, 1.54) is 44.1 Å². The molecular formula is C20H29N3O. The minimum Gasteiger partial charge on any atom is -0.348 e. The van der Waals surface area contributed by atoms with E-state index in [9.17, 15) is 4.79 Å². The van der Waals surface area contributed by atoms with Gasteiger partial charge in [0.1, 0.15) is 0 Å². The fraction of sp³-hybridized carbons (Fsp3) is 0.700. The van der Waals surface area contributed by atoms with Crippen molar-refractivity contribution in [1.29, 1.82) is 0 Å². The zero-order valence-electron chi connectivity index (χ0n) is 14.9. The molecule has 4 bridgehead atoms. The maximum atomic E-state index is 12.5. The van der Waals surface area contributed by atoms with E-state index in [1.807, 2.05) is 23.8 Å². The summed E-state index contributed by atoms with van der Waals surface area (Å²) in [5.41, 5.74) is 1.66. The first-order chi connectivity index (χ1) is 11.5. The van der Waals surface area contributed by atoms with Gasteiger partial charge in [0.2, 0.25) is 5.91 Å². The molecule has 0 radical (unpaired) electrons. The molecular weight excluding hydrogens is 298 g/mol. The predicted molar refractivity (Wildman–Crippen MR) is 94.2 cm³/mol. The number of amides is 1. The van der Waals surface area contributed by atoms with Crippen LogP contribution < -0.4 is 5.32 Å². The summed E-state index contributed by atoms with van der Waals surface area (Å²) in [5, 5.41) is 3.12. The molecule has 130 valence electrons. The van der Waals surface area contributed by atoms with Crippen LogP contribution in [0, 0.1) is 23.2 Å². The number of carbonyl (C=O) groups is 1. The van der Waals surface area contributed by atoms with Gasteiger partial charge >= 0.3 is 0 Å². The van der Waals surface area contributed by atoms with E-state index in [0.717, 1.165) is 24.3 Å². The number of imidazole rings is 1. The predicted octanol–water partition coefficient (Wildman–Crippen LogP) is 3.55. The van der Waals surface area contributed by atoms with Crippen molar-refractivity contribution >= 4 is 5.91 Å². The van der Waals surface area contributed by atoms with E-state index in [1.54, 1.807) is 12.5 Å². The second kappa shape index (κ2) is 6.05. The third-order valence-corrected chi connectivity index (χ3v) is 6.65. The minimum absolute atomic E-state index is 0.0656. The number of hydrogen-bond donors (Lipinski definition) is 1. The van der Waals surface area contributed by atoms with Crippen molar-refractivity contribution in [3.05, 3.63) is 30.4 Å². The van der Waals surface area contributed by atoms with Crippen molar-refractivity contribution in [3.8, 4) is 0 Å². The Kier molecular flexibility index (Phi) is 4.01. The molecule has 1 atom stereocenters. The van der Waals surface area contributed by atoms with E-state index >= 15 is 0 Å². The lowest BCUT2D eigenvalue weighted by Crippen LogP contribution is -2.47. The van der Waals surface area contributed by atoms with Gasteiger partial charge in [-0.05, 0) is 75.5 Å². The number of hydrogen-bond acceptors (Lipinski definition) is 2. The molecule has 4 aliphatic rings. The molecule has 24 heavy (non-hydrogen) atoms. The summed E-state index contributed by atoms with van der Waals surface area (Å²) in [6.45, 7) is 5.01. The second-order valence-corrected chi connectivity index (χ2v) is 8.69. The maximum Gasteiger partial charge on any atom is 0.244 e. The third kappa shape index (κ3) is 3.03. The molecule has 0 aliphatic heterocycles. The quantitative estimate of drug-likeness (QED) is 0.841. The molecule has 4 saturated carbocycles. The lowest BCUT2D eigenvalue weighted by atomic mass is 9.48. The Labute approximate surface area is 144 Å². The highest BCUT2D eigenvalue weighted by Crippen LogP contribution is 2.62. The van der Waals surface area contributed by atoms with Gasteiger partial charge in [-0.15, -0.1) is 0 Å². The normalized spacial score (nSPS) is 35.9. The highest BCUT2D eigenvalue weighted by Gasteiger charge is 2.51. The Morgan fingerprint density at radius 2 is 1.92 bits per heavy atom. The van der Waals surface area contributed by atoms with E-state index < -0.39 is 0 Å². The van der Waals surface area contributed by atoms with E-state index in [-0.39, 0.29) is 11.9 Å².